The van der Waals surface area contributed by atoms with Gasteiger partial charge >= 0.3 is 0 Å². The van der Waals surface area contributed by atoms with Gasteiger partial charge in [-0.3, -0.25) is 9.59 Å². The highest BCUT2D eigenvalue weighted by Crippen LogP contribution is 2.17. The largest absolute Gasteiger partial charge is 0.497 e. The molecule has 0 radical (unpaired) electrons. The first-order valence-electron chi connectivity index (χ1n) is 8.15. The second-order valence-corrected chi connectivity index (χ2v) is 5.81. The summed E-state index contributed by atoms with van der Waals surface area (Å²) in [5.74, 6) is 0.608. The molecule has 5 heteroatoms. The molecule has 1 N–H and O–H groups in total. The average Bonchev–Trinajstić information content (AvgIpc) is 2.53. The number of ether oxygens (including phenoxy) is 1. The number of hydrogen-bond donors (Lipinski definition) is 1. The lowest BCUT2D eigenvalue weighted by molar-refractivity contribution is -0.141. The van der Waals surface area contributed by atoms with Crippen LogP contribution in [0.15, 0.2) is 24.3 Å². The van der Waals surface area contributed by atoms with Gasteiger partial charge in [0.1, 0.15) is 11.8 Å². The Labute approximate surface area is 139 Å². The molecule has 0 aliphatic heterocycles. The molecular weight excluding hydrogens is 292 g/mol. The van der Waals surface area contributed by atoms with Gasteiger partial charge < -0.3 is 15.0 Å². The molecule has 0 aliphatic carbocycles. The molecule has 0 aliphatic rings. The Kier molecular flexibility index (Phi) is 7.59. The first-order valence-corrected chi connectivity index (χ1v) is 8.15. The topological polar surface area (TPSA) is 58.6 Å². The number of carbonyl (C=O) groups is 2. The van der Waals surface area contributed by atoms with Crippen molar-refractivity contribution < 1.29 is 14.3 Å². The van der Waals surface area contributed by atoms with Gasteiger partial charge in [0.25, 0.3) is 0 Å². The fourth-order valence-corrected chi connectivity index (χ4v) is 2.47. The summed E-state index contributed by atoms with van der Waals surface area (Å²) >= 11 is 0. The number of benzene rings is 1. The van der Waals surface area contributed by atoms with Gasteiger partial charge in [-0.2, -0.15) is 0 Å². The maximum atomic E-state index is 12.4. The molecule has 1 aromatic rings. The second kappa shape index (κ2) is 9.18. The van der Waals surface area contributed by atoms with E-state index in [1.807, 2.05) is 52.0 Å². The molecule has 5 nitrogen and oxygen atoms in total. The number of nitrogens with zero attached hydrogens (tertiary/aromatic N) is 1. The van der Waals surface area contributed by atoms with Crippen LogP contribution in [0.25, 0.3) is 0 Å². The normalized spacial score (nSPS) is 11.9. The standard InChI is InChI=1S/C18H28N2O3/c1-6-16(18(22)19-13(3)4)20(17(21)7-2)12-14-9-8-10-15(11-14)23-5/h8-11,13,16H,6-7,12H2,1-5H3,(H,19,22). The Morgan fingerprint density at radius 2 is 1.96 bits per heavy atom. The van der Waals surface area contributed by atoms with Gasteiger partial charge in [0.05, 0.1) is 7.11 Å². The number of nitrogens with one attached hydrogen (secondary N) is 1. The SMILES string of the molecule is CCC(=O)N(Cc1cccc(OC)c1)C(CC)C(=O)NC(C)C. The van der Waals surface area contributed by atoms with Gasteiger partial charge in [-0.1, -0.05) is 26.0 Å². The van der Waals surface area contributed by atoms with E-state index < -0.39 is 6.04 Å². The van der Waals surface area contributed by atoms with Crippen LogP contribution < -0.4 is 10.1 Å². The molecule has 23 heavy (non-hydrogen) atoms. The number of amides is 2. The molecular formula is C18H28N2O3. The summed E-state index contributed by atoms with van der Waals surface area (Å²) in [6.07, 6.45) is 0.948. The summed E-state index contributed by atoms with van der Waals surface area (Å²) in [5.41, 5.74) is 0.946. The maximum absolute atomic E-state index is 12.4. The van der Waals surface area contributed by atoms with Crippen molar-refractivity contribution in [3.8, 4) is 5.75 Å². The van der Waals surface area contributed by atoms with Crippen LogP contribution in [0, 0.1) is 0 Å². The molecule has 0 fully saturated rings. The van der Waals surface area contributed by atoms with Crippen molar-refractivity contribution in [1.29, 1.82) is 0 Å². The van der Waals surface area contributed by atoms with Crippen molar-refractivity contribution in [2.45, 2.75) is 59.2 Å². The fourth-order valence-electron chi connectivity index (χ4n) is 2.47. The highest BCUT2D eigenvalue weighted by atomic mass is 16.5. The van der Waals surface area contributed by atoms with Crippen molar-refractivity contribution in [2.75, 3.05) is 7.11 Å². The maximum Gasteiger partial charge on any atom is 0.243 e. The summed E-state index contributed by atoms with van der Waals surface area (Å²) in [6, 6.07) is 7.16. The van der Waals surface area contributed by atoms with E-state index in [1.54, 1.807) is 12.0 Å². The van der Waals surface area contributed by atoms with Crippen LogP contribution in [-0.2, 0) is 16.1 Å². The zero-order valence-electron chi connectivity index (χ0n) is 14.8. The Balaban J connectivity index is 3.02. The molecule has 0 saturated heterocycles. The highest BCUT2D eigenvalue weighted by molar-refractivity contribution is 5.87. The quantitative estimate of drug-likeness (QED) is 0.801. The van der Waals surface area contributed by atoms with E-state index in [1.165, 1.54) is 0 Å². The summed E-state index contributed by atoms with van der Waals surface area (Å²) in [7, 11) is 1.61. The second-order valence-electron chi connectivity index (χ2n) is 5.81. The Hall–Kier alpha value is -2.04. The minimum Gasteiger partial charge on any atom is -0.497 e. The predicted octanol–water partition coefficient (Wildman–Crippen LogP) is 2.74. The van der Waals surface area contributed by atoms with E-state index >= 15 is 0 Å². The number of carbonyl (C=O) groups excluding carboxylic acids is 2. The van der Waals surface area contributed by atoms with Crippen LogP contribution in [-0.4, -0.2) is 35.9 Å². The number of hydrogen-bond acceptors (Lipinski definition) is 3. The lowest BCUT2D eigenvalue weighted by atomic mass is 10.1. The number of methoxy groups -OCH3 is 1. The Bertz CT molecular complexity index is 529. The third-order valence-electron chi connectivity index (χ3n) is 3.61. The molecule has 0 aromatic heterocycles. The van der Waals surface area contributed by atoms with Crippen LogP contribution in [0.3, 0.4) is 0 Å². The zero-order chi connectivity index (χ0) is 17.4. The molecule has 128 valence electrons. The molecule has 1 aromatic carbocycles. The smallest absolute Gasteiger partial charge is 0.243 e. The predicted molar refractivity (Wildman–Crippen MR) is 91.2 cm³/mol. The Morgan fingerprint density at radius 1 is 1.26 bits per heavy atom. The minimum atomic E-state index is -0.462. The van der Waals surface area contributed by atoms with Crippen molar-refractivity contribution in [2.24, 2.45) is 0 Å². The molecule has 0 bridgehead atoms. The molecule has 0 heterocycles. The molecule has 1 atom stereocenters. The first kappa shape index (κ1) is 19.0. The minimum absolute atomic E-state index is 0.0291. The average molecular weight is 320 g/mol. The molecule has 0 spiro atoms. The van der Waals surface area contributed by atoms with E-state index in [0.717, 1.165) is 11.3 Å². The Morgan fingerprint density at radius 3 is 2.48 bits per heavy atom. The van der Waals surface area contributed by atoms with Crippen molar-refractivity contribution in [1.82, 2.24) is 10.2 Å². The lowest BCUT2D eigenvalue weighted by Gasteiger charge is -2.31. The highest BCUT2D eigenvalue weighted by Gasteiger charge is 2.28. The van der Waals surface area contributed by atoms with Crippen molar-refractivity contribution in [3.05, 3.63) is 29.8 Å². The van der Waals surface area contributed by atoms with Crippen molar-refractivity contribution >= 4 is 11.8 Å². The summed E-state index contributed by atoms with van der Waals surface area (Å²) in [6.45, 7) is 7.96. The van der Waals surface area contributed by atoms with Crippen LogP contribution >= 0.6 is 0 Å². The fraction of sp³-hybridized carbons (Fsp3) is 0.556. The molecule has 0 saturated carbocycles. The third-order valence-corrected chi connectivity index (χ3v) is 3.61. The molecule has 2 amide bonds. The van der Waals surface area contributed by atoms with Crippen LogP contribution in [0.5, 0.6) is 5.75 Å². The molecule has 1 unspecified atom stereocenters. The van der Waals surface area contributed by atoms with Gasteiger partial charge in [-0.15, -0.1) is 0 Å². The van der Waals surface area contributed by atoms with Gasteiger partial charge in [0.2, 0.25) is 11.8 Å². The van der Waals surface area contributed by atoms with E-state index in [0.29, 0.717) is 19.4 Å². The third kappa shape index (κ3) is 5.58. The van der Waals surface area contributed by atoms with Gasteiger partial charge in [-0.05, 0) is 38.0 Å². The summed E-state index contributed by atoms with van der Waals surface area (Å²) in [4.78, 5) is 26.5. The van der Waals surface area contributed by atoms with Gasteiger partial charge in [0.15, 0.2) is 0 Å². The first-order chi connectivity index (χ1) is 10.9. The monoisotopic (exact) mass is 320 g/mol. The molecule has 1 rings (SSSR count). The van der Waals surface area contributed by atoms with Crippen molar-refractivity contribution in [3.63, 3.8) is 0 Å². The van der Waals surface area contributed by atoms with E-state index in [2.05, 4.69) is 5.32 Å². The van der Waals surface area contributed by atoms with E-state index in [-0.39, 0.29) is 17.9 Å². The van der Waals surface area contributed by atoms with Crippen LogP contribution in [0.4, 0.5) is 0 Å². The summed E-state index contributed by atoms with van der Waals surface area (Å²) in [5, 5.41) is 2.90. The van der Waals surface area contributed by atoms with Gasteiger partial charge in [0, 0.05) is 19.0 Å². The zero-order valence-corrected chi connectivity index (χ0v) is 14.8. The number of rotatable bonds is 8. The van der Waals surface area contributed by atoms with Gasteiger partial charge in [-0.25, -0.2) is 0 Å². The van der Waals surface area contributed by atoms with E-state index in [4.69, 9.17) is 4.74 Å². The lowest BCUT2D eigenvalue weighted by Crippen LogP contribution is -2.50. The van der Waals surface area contributed by atoms with E-state index in [9.17, 15) is 9.59 Å². The summed E-state index contributed by atoms with van der Waals surface area (Å²) < 4.78 is 5.23. The van der Waals surface area contributed by atoms with Crippen LogP contribution in [0.2, 0.25) is 0 Å². The van der Waals surface area contributed by atoms with Crippen LogP contribution in [0.1, 0.15) is 46.1 Å².